The van der Waals surface area contributed by atoms with E-state index < -0.39 is 53.7 Å². The second-order valence-corrected chi connectivity index (χ2v) is 16.2. The summed E-state index contributed by atoms with van der Waals surface area (Å²) >= 11 is 11.6. The third-order valence-electron chi connectivity index (χ3n) is 9.99. The van der Waals surface area contributed by atoms with Gasteiger partial charge in [-0.15, -0.1) is 11.8 Å². The molecule has 0 aromatic heterocycles. The standard InChI is InChI=1S/C39H46BrClN2O9S/c1-21(2)25-12-13-30(26(40)17-25)53-20-34(45)51-32-18-33(44)43(6)27-15-24(16-28(48-7)35(27)41)14-22(3)10-9-11-31(49-8)39(47)19-29(50-37(46)42-39)23(4)36-38(32,5)52-36/h9-13,15-17,23,29,31-32,36,47H,1,14,18-20H2,2-8H3,(H,42,46)/b11-9+,22-10+/t23-,29+,31-,32+,36+,38+,39+/m1/s1. The number of halogens is 2. The Kier molecular flexibility index (Phi) is 12.8. The maximum Gasteiger partial charge on any atom is 0.409 e. The molecule has 2 N–H and O–H groups in total. The normalized spacial score (nSPS) is 30.6. The van der Waals surface area contributed by atoms with Crippen LogP contribution in [0.5, 0.6) is 5.75 Å². The molecule has 2 aromatic carbocycles. The minimum absolute atomic E-state index is 0.0205. The average molecular weight is 834 g/mol. The maximum absolute atomic E-state index is 14.1. The van der Waals surface area contributed by atoms with Crippen LogP contribution >= 0.6 is 39.3 Å². The first-order chi connectivity index (χ1) is 25.0. The molecule has 2 saturated heterocycles. The second-order valence-electron chi connectivity index (χ2n) is 14.0. The Morgan fingerprint density at radius 2 is 1.98 bits per heavy atom. The lowest BCUT2D eigenvalue weighted by Crippen LogP contribution is -2.63. The molecule has 0 saturated carbocycles. The van der Waals surface area contributed by atoms with Gasteiger partial charge in [-0.1, -0.05) is 60.5 Å². The van der Waals surface area contributed by atoms with Crippen LogP contribution in [0.25, 0.3) is 5.57 Å². The van der Waals surface area contributed by atoms with E-state index in [1.165, 1.54) is 30.9 Å². The van der Waals surface area contributed by atoms with Crippen LogP contribution in [0.15, 0.2) is 70.1 Å². The fraction of sp³-hybridized carbons (Fsp3) is 0.462. The van der Waals surface area contributed by atoms with Gasteiger partial charge in [-0.3, -0.25) is 14.9 Å². The molecule has 0 unspecified atom stereocenters. The topological polar surface area (TPSA) is 136 Å². The van der Waals surface area contributed by atoms with Crippen LogP contribution < -0.4 is 15.0 Å². The first-order valence-corrected chi connectivity index (χ1v) is 19.3. The molecule has 3 heterocycles. The summed E-state index contributed by atoms with van der Waals surface area (Å²) in [5.41, 5.74) is 1.15. The van der Waals surface area contributed by atoms with E-state index in [1.807, 2.05) is 57.2 Å². The number of anilines is 1. The van der Waals surface area contributed by atoms with Gasteiger partial charge < -0.3 is 33.7 Å². The van der Waals surface area contributed by atoms with Gasteiger partial charge in [-0.2, -0.15) is 0 Å². The number of epoxide rings is 1. The SMILES string of the molecule is C=C(C)c1ccc(SCC(=O)O[C@H]2CC(=O)N(C)c3cc(cc(OC)c3Cl)C/C(C)=C/C=C/[C@@H](OC)[C@@]3(O)C[C@H](OC(=O)N3)[C@@H](C)[C@@H]3O[C@@]23C)c(Br)c1. The summed E-state index contributed by atoms with van der Waals surface area (Å²) < 4.78 is 30.1. The van der Waals surface area contributed by atoms with Crippen molar-refractivity contribution in [2.45, 2.75) is 87.6 Å². The van der Waals surface area contributed by atoms with Crippen molar-refractivity contribution in [1.29, 1.82) is 0 Å². The Morgan fingerprint density at radius 3 is 2.64 bits per heavy atom. The van der Waals surface area contributed by atoms with Gasteiger partial charge in [0.15, 0.2) is 5.72 Å². The van der Waals surface area contributed by atoms with E-state index >= 15 is 0 Å². The summed E-state index contributed by atoms with van der Waals surface area (Å²) in [5, 5.41) is 14.5. The number of hydrogen-bond donors (Lipinski definition) is 2. The molecule has 2 aromatic rings. The summed E-state index contributed by atoms with van der Waals surface area (Å²) in [4.78, 5) is 42.7. The third kappa shape index (κ3) is 9.14. The van der Waals surface area contributed by atoms with Gasteiger partial charge >= 0.3 is 12.1 Å². The summed E-state index contributed by atoms with van der Waals surface area (Å²) in [5.74, 6) is -1.05. The first kappa shape index (κ1) is 40.8. The Bertz CT molecular complexity index is 1840. The highest BCUT2D eigenvalue weighted by Crippen LogP contribution is 2.49. The number of esters is 1. The lowest BCUT2D eigenvalue weighted by Gasteiger charge is -2.42. The maximum atomic E-state index is 14.1. The van der Waals surface area contributed by atoms with E-state index in [0.29, 0.717) is 17.9 Å². The van der Waals surface area contributed by atoms with Gasteiger partial charge in [-0.05, 0) is 78.5 Å². The van der Waals surface area contributed by atoms with Gasteiger partial charge in [-0.25, -0.2) is 4.79 Å². The van der Waals surface area contributed by atoms with Crippen molar-refractivity contribution in [1.82, 2.24) is 5.32 Å². The second kappa shape index (κ2) is 16.6. The lowest BCUT2D eigenvalue weighted by atomic mass is 9.83. The number of nitrogens with zero attached hydrogens (tertiary/aromatic N) is 1. The number of rotatable bonds is 7. The average Bonchev–Trinajstić information content (AvgIpc) is 3.80. The van der Waals surface area contributed by atoms with Crippen molar-refractivity contribution in [2.75, 3.05) is 31.9 Å². The molecular formula is C39H46BrClN2O9S. The Morgan fingerprint density at radius 1 is 1.25 bits per heavy atom. The number of aliphatic hydroxyl groups is 1. The first-order valence-electron chi connectivity index (χ1n) is 17.2. The van der Waals surface area contributed by atoms with Crippen LogP contribution in [0, 0.1) is 5.92 Å². The van der Waals surface area contributed by atoms with E-state index in [9.17, 15) is 19.5 Å². The Balaban J connectivity index is 1.49. The molecular weight excluding hydrogens is 788 g/mol. The lowest BCUT2D eigenvalue weighted by molar-refractivity contribution is -0.150. The van der Waals surface area contributed by atoms with Crippen LogP contribution in [-0.2, 0) is 35.0 Å². The molecule has 5 rings (SSSR count). The summed E-state index contributed by atoms with van der Waals surface area (Å²) in [6, 6.07) is 9.41. The molecule has 14 heteroatoms. The zero-order valence-electron chi connectivity index (χ0n) is 30.9. The van der Waals surface area contributed by atoms with E-state index in [4.69, 9.17) is 35.3 Å². The number of fused-ring (bicyclic) bond motifs is 5. The van der Waals surface area contributed by atoms with E-state index in [2.05, 4.69) is 27.8 Å². The summed E-state index contributed by atoms with van der Waals surface area (Å²) in [6.07, 6.45) is 1.36. The molecule has 2 amide bonds. The van der Waals surface area contributed by atoms with Gasteiger partial charge in [0.2, 0.25) is 5.91 Å². The molecule has 2 fully saturated rings. The number of methoxy groups -OCH3 is 2. The number of thioether (sulfide) groups is 1. The van der Waals surface area contributed by atoms with Crippen molar-refractivity contribution >= 4 is 68.5 Å². The molecule has 3 aliphatic heterocycles. The van der Waals surface area contributed by atoms with Crippen LogP contribution in [-0.4, -0.2) is 85.8 Å². The molecule has 11 nitrogen and oxygen atoms in total. The fourth-order valence-corrected chi connectivity index (χ4v) is 8.56. The van der Waals surface area contributed by atoms with Gasteiger partial charge in [0.25, 0.3) is 0 Å². The minimum Gasteiger partial charge on any atom is -0.495 e. The predicted octanol–water partition coefficient (Wildman–Crippen LogP) is 7.26. The molecule has 4 bridgehead atoms. The quantitative estimate of drug-likeness (QED) is 0.167. The smallest absolute Gasteiger partial charge is 0.409 e. The van der Waals surface area contributed by atoms with Crippen molar-refractivity contribution in [3.05, 3.63) is 81.3 Å². The van der Waals surface area contributed by atoms with Crippen molar-refractivity contribution in [2.24, 2.45) is 5.92 Å². The molecule has 0 aliphatic carbocycles. The minimum atomic E-state index is -1.80. The van der Waals surface area contributed by atoms with E-state index in [-0.39, 0.29) is 29.5 Å². The molecule has 3 aliphatic rings. The number of alkyl carbamates (subject to hydrolysis) is 1. The highest BCUT2D eigenvalue weighted by molar-refractivity contribution is 9.10. The van der Waals surface area contributed by atoms with Gasteiger partial charge in [0.1, 0.15) is 34.7 Å². The van der Waals surface area contributed by atoms with Crippen molar-refractivity contribution < 1.29 is 43.2 Å². The highest BCUT2D eigenvalue weighted by atomic mass is 79.9. The number of ether oxygens (including phenoxy) is 5. The number of carbonyl (C=O) groups excluding carboxylic acids is 3. The highest BCUT2D eigenvalue weighted by Gasteiger charge is 2.64. The van der Waals surface area contributed by atoms with E-state index in [1.54, 1.807) is 26.1 Å². The molecule has 53 heavy (non-hydrogen) atoms. The molecule has 7 atom stereocenters. The summed E-state index contributed by atoms with van der Waals surface area (Å²) in [7, 11) is 4.56. The third-order valence-corrected chi connectivity index (χ3v) is 12.3. The van der Waals surface area contributed by atoms with Crippen LogP contribution in [0.3, 0.4) is 0 Å². The van der Waals surface area contributed by atoms with Crippen LogP contribution in [0.1, 0.15) is 51.7 Å². The zero-order chi connectivity index (χ0) is 38.8. The van der Waals surface area contributed by atoms with E-state index in [0.717, 1.165) is 31.6 Å². The van der Waals surface area contributed by atoms with Crippen LogP contribution in [0.2, 0.25) is 5.02 Å². The monoisotopic (exact) mass is 832 g/mol. The number of allylic oxidation sites excluding steroid dienone is 4. The number of hydrogen-bond acceptors (Lipinski definition) is 10. The van der Waals surface area contributed by atoms with Gasteiger partial charge in [0.05, 0.1) is 31.1 Å². The zero-order valence-corrected chi connectivity index (χ0v) is 34.0. The fourth-order valence-electron chi connectivity index (χ4n) is 6.82. The Labute approximate surface area is 328 Å². The van der Waals surface area contributed by atoms with Crippen molar-refractivity contribution in [3.63, 3.8) is 0 Å². The van der Waals surface area contributed by atoms with Crippen molar-refractivity contribution in [3.8, 4) is 5.75 Å². The molecule has 0 radical (unpaired) electrons. The Hall–Kier alpha value is -3.33. The van der Waals surface area contributed by atoms with Gasteiger partial charge in [0, 0.05) is 35.9 Å². The molecule has 0 spiro atoms. The summed E-state index contributed by atoms with van der Waals surface area (Å²) in [6.45, 7) is 11.4. The number of amides is 2. The molecule has 286 valence electrons. The number of carbonyl (C=O) groups is 3. The number of nitrogens with one attached hydrogen (secondary N) is 1. The largest absolute Gasteiger partial charge is 0.495 e. The predicted molar refractivity (Wildman–Crippen MR) is 208 cm³/mol. The van der Waals surface area contributed by atoms with Crippen LogP contribution in [0.4, 0.5) is 10.5 Å². The number of benzene rings is 2.